The van der Waals surface area contributed by atoms with Gasteiger partial charge in [0, 0.05) is 14.9 Å². The lowest BCUT2D eigenvalue weighted by atomic mass is 10.0. The highest BCUT2D eigenvalue weighted by atomic mass is 79.9. The van der Waals surface area contributed by atoms with E-state index in [4.69, 9.17) is 0 Å². The predicted octanol–water partition coefficient (Wildman–Crippen LogP) is 3.72. The Morgan fingerprint density at radius 3 is 2.72 bits per heavy atom. The van der Waals surface area contributed by atoms with Crippen LogP contribution in [0.3, 0.4) is 0 Å². The minimum absolute atomic E-state index is 0.0812. The quantitative estimate of drug-likeness (QED) is 0.742. The SMILES string of the molecule is Cc1sc2nc[nH]c(=O)c2c1-c1ccc(Br)cc1. The van der Waals surface area contributed by atoms with Crippen molar-refractivity contribution in [3.63, 3.8) is 0 Å². The molecule has 0 amide bonds. The summed E-state index contributed by atoms with van der Waals surface area (Å²) in [7, 11) is 0. The molecule has 0 saturated heterocycles. The van der Waals surface area contributed by atoms with Crippen molar-refractivity contribution in [2.24, 2.45) is 0 Å². The van der Waals surface area contributed by atoms with E-state index < -0.39 is 0 Å². The number of hydrogen-bond acceptors (Lipinski definition) is 3. The molecule has 0 spiro atoms. The largest absolute Gasteiger partial charge is 0.313 e. The number of benzene rings is 1. The first-order chi connectivity index (χ1) is 8.66. The van der Waals surface area contributed by atoms with Gasteiger partial charge in [-0.25, -0.2) is 4.98 Å². The van der Waals surface area contributed by atoms with Gasteiger partial charge in [0.15, 0.2) is 0 Å². The van der Waals surface area contributed by atoms with E-state index in [-0.39, 0.29) is 5.56 Å². The molecule has 0 radical (unpaired) electrons. The second-order valence-electron chi connectivity index (χ2n) is 3.95. The first kappa shape index (κ1) is 11.6. The fraction of sp³-hybridized carbons (Fsp3) is 0.0769. The fourth-order valence-corrected chi connectivity index (χ4v) is 3.30. The monoisotopic (exact) mass is 320 g/mol. The van der Waals surface area contributed by atoms with Gasteiger partial charge in [0.2, 0.25) is 0 Å². The van der Waals surface area contributed by atoms with Crippen LogP contribution >= 0.6 is 27.3 Å². The molecule has 0 aliphatic carbocycles. The van der Waals surface area contributed by atoms with Gasteiger partial charge < -0.3 is 4.98 Å². The zero-order chi connectivity index (χ0) is 12.7. The van der Waals surface area contributed by atoms with E-state index in [0.29, 0.717) is 5.39 Å². The highest BCUT2D eigenvalue weighted by Crippen LogP contribution is 2.35. The number of aryl methyl sites for hydroxylation is 1. The average Bonchev–Trinajstić information content (AvgIpc) is 2.68. The topological polar surface area (TPSA) is 45.8 Å². The van der Waals surface area contributed by atoms with E-state index in [1.165, 1.54) is 6.33 Å². The summed E-state index contributed by atoms with van der Waals surface area (Å²) in [5, 5.41) is 0.683. The van der Waals surface area contributed by atoms with Gasteiger partial charge in [-0.1, -0.05) is 28.1 Å². The van der Waals surface area contributed by atoms with Crippen LogP contribution in [0.2, 0.25) is 0 Å². The van der Waals surface area contributed by atoms with Crippen molar-refractivity contribution in [1.29, 1.82) is 0 Å². The first-order valence-corrected chi connectivity index (χ1v) is 7.00. The van der Waals surface area contributed by atoms with Gasteiger partial charge in [-0.15, -0.1) is 11.3 Å². The van der Waals surface area contributed by atoms with Crippen LogP contribution in [0.25, 0.3) is 21.3 Å². The predicted molar refractivity (Wildman–Crippen MR) is 78.1 cm³/mol. The molecule has 3 rings (SSSR count). The molecular formula is C13H9BrN2OS. The Labute approximate surface area is 116 Å². The van der Waals surface area contributed by atoms with Crippen LogP contribution in [0.1, 0.15) is 4.88 Å². The summed E-state index contributed by atoms with van der Waals surface area (Å²) in [6, 6.07) is 7.96. The van der Waals surface area contributed by atoms with Gasteiger partial charge in [-0.3, -0.25) is 4.79 Å². The molecule has 0 aliphatic heterocycles. The Bertz CT molecular complexity index is 774. The molecule has 0 unspecified atom stereocenters. The molecule has 1 aromatic carbocycles. The fourth-order valence-electron chi connectivity index (χ4n) is 2.02. The lowest BCUT2D eigenvalue weighted by Gasteiger charge is -2.01. The maximum Gasteiger partial charge on any atom is 0.260 e. The van der Waals surface area contributed by atoms with Gasteiger partial charge >= 0.3 is 0 Å². The Kier molecular flexibility index (Phi) is 2.80. The molecule has 3 nitrogen and oxygen atoms in total. The van der Waals surface area contributed by atoms with E-state index in [1.54, 1.807) is 11.3 Å². The Morgan fingerprint density at radius 2 is 2.00 bits per heavy atom. The maximum absolute atomic E-state index is 12.0. The van der Waals surface area contributed by atoms with Crippen LogP contribution in [-0.2, 0) is 0 Å². The number of halogens is 1. The van der Waals surface area contributed by atoms with Crippen LogP contribution in [-0.4, -0.2) is 9.97 Å². The van der Waals surface area contributed by atoms with Crippen LogP contribution < -0.4 is 5.56 Å². The van der Waals surface area contributed by atoms with Gasteiger partial charge in [-0.2, -0.15) is 0 Å². The number of hydrogen-bond donors (Lipinski definition) is 1. The second-order valence-corrected chi connectivity index (χ2v) is 6.07. The van der Waals surface area contributed by atoms with E-state index in [2.05, 4.69) is 25.9 Å². The van der Waals surface area contributed by atoms with Crippen molar-refractivity contribution < 1.29 is 0 Å². The summed E-state index contributed by atoms with van der Waals surface area (Å²) in [6.07, 6.45) is 1.45. The third-order valence-corrected chi connectivity index (χ3v) is 4.34. The van der Waals surface area contributed by atoms with Crippen molar-refractivity contribution in [2.45, 2.75) is 6.92 Å². The Balaban J connectivity index is 2.38. The van der Waals surface area contributed by atoms with Gasteiger partial charge in [0.05, 0.1) is 11.7 Å². The molecule has 3 aromatic rings. The van der Waals surface area contributed by atoms with Gasteiger partial charge in [0.25, 0.3) is 5.56 Å². The van der Waals surface area contributed by atoms with Crippen LogP contribution in [0.15, 0.2) is 39.9 Å². The third kappa shape index (κ3) is 1.79. The van der Waals surface area contributed by atoms with E-state index >= 15 is 0 Å². The first-order valence-electron chi connectivity index (χ1n) is 5.39. The van der Waals surface area contributed by atoms with Crippen molar-refractivity contribution in [1.82, 2.24) is 9.97 Å². The van der Waals surface area contributed by atoms with E-state index in [9.17, 15) is 4.79 Å². The molecule has 0 fully saturated rings. The van der Waals surface area contributed by atoms with Crippen LogP contribution in [0.5, 0.6) is 0 Å². The van der Waals surface area contributed by atoms with Crippen LogP contribution in [0, 0.1) is 6.92 Å². The highest BCUT2D eigenvalue weighted by molar-refractivity contribution is 9.10. The molecule has 0 aliphatic rings. The van der Waals surface area contributed by atoms with Crippen LogP contribution in [0.4, 0.5) is 0 Å². The number of H-pyrrole nitrogens is 1. The number of fused-ring (bicyclic) bond motifs is 1. The van der Waals surface area contributed by atoms with Crippen molar-refractivity contribution >= 4 is 37.5 Å². The molecule has 2 aromatic heterocycles. The molecular weight excluding hydrogens is 312 g/mol. The number of nitrogens with one attached hydrogen (secondary N) is 1. The average molecular weight is 321 g/mol. The van der Waals surface area contributed by atoms with Crippen molar-refractivity contribution in [2.75, 3.05) is 0 Å². The molecule has 90 valence electrons. The second kappa shape index (κ2) is 4.33. The summed E-state index contributed by atoms with van der Waals surface area (Å²) in [6.45, 7) is 2.02. The number of aromatic nitrogens is 2. The summed E-state index contributed by atoms with van der Waals surface area (Å²) in [4.78, 5) is 20.7. The van der Waals surface area contributed by atoms with Gasteiger partial charge in [-0.05, 0) is 24.6 Å². The smallest absolute Gasteiger partial charge is 0.260 e. The van der Waals surface area contributed by atoms with E-state index in [1.807, 2.05) is 31.2 Å². The minimum atomic E-state index is -0.0812. The lowest BCUT2D eigenvalue weighted by Crippen LogP contribution is -2.05. The normalized spacial score (nSPS) is 11.0. The molecule has 1 N–H and O–H groups in total. The Hall–Kier alpha value is -1.46. The van der Waals surface area contributed by atoms with E-state index in [0.717, 1.165) is 25.3 Å². The van der Waals surface area contributed by atoms with Gasteiger partial charge in [0.1, 0.15) is 4.83 Å². The minimum Gasteiger partial charge on any atom is -0.313 e. The van der Waals surface area contributed by atoms with Crippen molar-refractivity contribution in [3.8, 4) is 11.1 Å². The molecule has 5 heteroatoms. The Morgan fingerprint density at radius 1 is 1.28 bits per heavy atom. The van der Waals surface area contributed by atoms with Crippen molar-refractivity contribution in [3.05, 3.63) is 50.3 Å². The summed E-state index contributed by atoms with van der Waals surface area (Å²) in [5.74, 6) is 0. The molecule has 18 heavy (non-hydrogen) atoms. The summed E-state index contributed by atoms with van der Waals surface area (Å²) in [5.41, 5.74) is 1.94. The zero-order valence-electron chi connectivity index (χ0n) is 9.53. The molecule has 0 saturated carbocycles. The zero-order valence-corrected chi connectivity index (χ0v) is 11.9. The molecule has 2 heterocycles. The standard InChI is InChI=1S/C13H9BrN2OS/c1-7-10(8-2-4-9(14)5-3-8)11-12(17)15-6-16-13(11)18-7/h2-6H,1H3,(H,15,16,17). The summed E-state index contributed by atoms with van der Waals surface area (Å²) < 4.78 is 1.02. The maximum atomic E-state index is 12.0. The molecule has 0 bridgehead atoms. The molecule has 0 atom stereocenters. The number of rotatable bonds is 1. The number of aromatic amines is 1. The number of nitrogens with zero attached hydrogens (tertiary/aromatic N) is 1. The lowest BCUT2D eigenvalue weighted by molar-refractivity contribution is 1.18. The number of thiophene rings is 1. The summed E-state index contributed by atoms with van der Waals surface area (Å²) >= 11 is 4.96. The highest BCUT2D eigenvalue weighted by Gasteiger charge is 2.14. The third-order valence-electron chi connectivity index (χ3n) is 2.80.